The second-order valence-electron chi connectivity index (χ2n) is 6.23. The Morgan fingerprint density at radius 3 is 2.75 bits per heavy atom. The molecule has 2 aromatic rings. The maximum atomic E-state index is 13.7. The molecule has 1 aliphatic rings. The van der Waals surface area contributed by atoms with Gasteiger partial charge in [-0.2, -0.15) is 0 Å². The number of pyridine rings is 1. The molecule has 0 aliphatic heterocycles. The van der Waals surface area contributed by atoms with Gasteiger partial charge in [-0.15, -0.1) is 0 Å². The maximum absolute atomic E-state index is 13.7. The molecule has 1 heterocycles. The van der Waals surface area contributed by atoms with Gasteiger partial charge >= 0.3 is 5.97 Å². The molecule has 1 N–H and O–H groups in total. The van der Waals surface area contributed by atoms with Crippen molar-refractivity contribution < 1.29 is 19.0 Å². The lowest BCUT2D eigenvalue weighted by atomic mass is 10.1. The fourth-order valence-electron chi connectivity index (χ4n) is 2.80. The van der Waals surface area contributed by atoms with Crippen molar-refractivity contribution in [1.82, 2.24) is 4.57 Å². The molecule has 6 heteroatoms. The summed E-state index contributed by atoms with van der Waals surface area (Å²) in [5.74, 6) is -1.35. The molecule has 0 radical (unpaired) electrons. The van der Waals surface area contributed by atoms with Crippen molar-refractivity contribution in [2.75, 3.05) is 6.61 Å². The molecule has 1 saturated carbocycles. The molecule has 1 aliphatic carbocycles. The number of aromatic carboxylic acids is 1. The van der Waals surface area contributed by atoms with Gasteiger partial charge in [0.25, 0.3) is 5.56 Å². The first-order valence-electron chi connectivity index (χ1n) is 8.25. The number of halogens is 1. The van der Waals surface area contributed by atoms with Crippen LogP contribution in [0.1, 0.15) is 43.1 Å². The Balaban J connectivity index is 2.25. The summed E-state index contributed by atoms with van der Waals surface area (Å²) in [5.41, 5.74) is -0.585. The van der Waals surface area contributed by atoms with Gasteiger partial charge in [-0.25, -0.2) is 9.18 Å². The number of fused-ring (bicyclic) bond motifs is 1. The topological polar surface area (TPSA) is 68.5 Å². The Labute approximate surface area is 138 Å². The van der Waals surface area contributed by atoms with Crippen LogP contribution in [0.5, 0.6) is 5.75 Å². The molecule has 0 spiro atoms. The minimum atomic E-state index is -1.23. The third-order valence-electron chi connectivity index (χ3n) is 4.27. The predicted molar refractivity (Wildman–Crippen MR) is 88.3 cm³/mol. The lowest BCUT2D eigenvalue weighted by Crippen LogP contribution is -2.28. The largest absolute Gasteiger partial charge is 0.490 e. The quantitative estimate of drug-likeness (QED) is 0.788. The van der Waals surface area contributed by atoms with E-state index in [9.17, 15) is 19.1 Å². The van der Waals surface area contributed by atoms with Crippen molar-refractivity contribution in [1.29, 1.82) is 0 Å². The minimum absolute atomic E-state index is 0.0886. The van der Waals surface area contributed by atoms with Crippen molar-refractivity contribution in [3.8, 4) is 5.75 Å². The number of unbranched alkanes of at least 4 members (excludes halogenated alkanes) is 1. The van der Waals surface area contributed by atoms with Gasteiger partial charge < -0.3 is 9.84 Å². The Kier molecular flexibility index (Phi) is 4.55. The highest BCUT2D eigenvalue weighted by Gasteiger charge is 2.28. The van der Waals surface area contributed by atoms with E-state index in [0.29, 0.717) is 19.1 Å². The van der Waals surface area contributed by atoms with E-state index in [0.717, 1.165) is 25.7 Å². The molecule has 1 aromatic heterocycles. The summed E-state index contributed by atoms with van der Waals surface area (Å²) in [6.45, 7) is 2.68. The molecule has 0 unspecified atom stereocenters. The van der Waals surface area contributed by atoms with Crippen LogP contribution in [-0.4, -0.2) is 22.2 Å². The average molecular weight is 333 g/mol. The number of hydrogen-bond acceptors (Lipinski definition) is 3. The molecule has 0 bridgehead atoms. The fraction of sp³-hybridized carbons (Fsp3) is 0.444. The van der Waals surface area contributed by atoms with Crippen molar-refractivity contribution in [3.05, 3.63) is 40.1 Å². The molecule has 1 aromatic carbocycles. The van der Waals surface area contributed by atoms with E-state index in [1.54, 1.807) is 0 Å². The zero-order valence-electron chi connectivity index (χ0n) is 13.5. The highest BCUT2D eigenvalue weighted by atomic mass is 19.1. The van der Waals surface area contributed by atoms with Crippen LogP contribution >= 0.6 is 0 Å². The molecular weight excluding hydrogens is 313 g/mol. The summed E-state index contributed by atoms with van der Waals surface area (Å²) in [6, 6.07) is 3.78. The monoisotopic (exact) mass is 333 g/mol. The lowest BCUT2D eigenvalue weighted by Gasteiger charge is -2.17. The normalized spacial score (nSPS) is 14.1. The van der Waals surface area contributed by atoms with E-state index in [1.807, 2.05) is 6.92 Å². The van der Waals surface area contributed by atoms with Crippen LogP contribution in [0.15, 0.2) is 23.0 Å². The van der Waals surface area contributed by atoms with Crippen molar-refractivity contribution in [2.45, 2.75) is 39.2 Å². The van der Waals surface area contributed by atoms with E-state index in [2.05, 4.69) is 0 Å². The summed E-state index contributed by atoms with van der Waals surface area (Å²) < 4.78 is 20.7. The highest BCUT2D eigenvalue weighted by Crippen LogP contribution is 2.34. The summed E-state index contributed by atoms with van der Waals surface area (Å²) in [4.78, 5) is 24.6. The van der Waals surface area contributed by atoms with E-state index in [-0.39, 0.29) is 22.2 Å². The molecule has 0 amide bonds. The third kappa shape index (κ3) is 3.13. The fourth-order valence-corrected chi connectivity index (χ4v) is 2.80. The van der Waals surface area contributed by atoms with Crippen molar-refractivity contribution in [2.24, 2.45) is 5.92 Å². The summed E-state index contributed by atoms with van der Waals surface area (Å²) in [6.07, 6.45) is 3.60. The Bertz CT molecular complexity index is 839. The average Bonchev–Trinajstić information content (AvgIpc) is 3.35. The van der Waals surface area contributed by atoms with Crippen molar-refractivity contribution in [3.63, 3.8) is 0 Å². The van der Waals surface area contributed by atoms with Crippen LogP contribution in [-0.2, 0) is 6.54 Å². The summed E-state index contributed by atoms with van der Waals surface area (Å²) in [7, 11) is 0. The number of carboxylic acid groups (broad SMARTS) is 1. The number of hydrogen-bond donors (Lipinski definition) is 1. The molecular formula is C18H20FNO4. The first kappa shape index (κ1) is 16.5. The highest BCUT2D eigenvalue weighted by molar-refractivity contribution is 5.98. The van der Waals surface area contributed by atoms with E-state index in [4.69, 9.17) is 4.74 Å². The first-order valence-corrected chi connectivity index (χ1v) is 8.25. The first-order chi connectivity index (χ1) is 11.5. The van der Waals surface area contributed by atoms with E-state index in [1.165, 1.54) is 22.8 Å². The molecule has 0 saturated heterocycles. The van der Waals surface area contributed by atoms with Gasteiger partial charge in [-0.3, -0.25) is 9.36 Å². The number of nitrogens with zero attached hydrogens (tertiary/aromatic N) is 1. The van der Waals surface area contributed by atoms with Gasteiger partial charge in [0, 0.05) is 11.9 Å². The van der Waals surface area contributed by atoms with E-state index >= 15 is 0 Å². The zero-order valence-corrected chi connectivity index (χ0v) is 13.5. The molecule has 1 fully saturated rings. The predicted octanol–water partition coefficient (Wildman–Crippen LogP) is 3.43. The number of rotatable bonds is 7. The standard InChI is InChI=1S/C18H20FNO4/c1-2-3-8-24-16-14-9-12(19)6-7-13(14)17(21)20(10-11-4-5-11)15(16)18(22)23/h6-7,9,11H,2-5,8,10H2,1H3,(H,22,23). The molecule has 0 atom stereocenters. The molecule has 3 rings (SSSR count). The number of ether oxygens (including phenoxy) is 1. The molecule has 5 nitrogen and oxygen atoms in total. The SMILES string of the molecule is CCCCOc1c(C(=O)O)n(CC2CC2)c(=O)c2ccc(F)cc12. The van der Waals surface area contributed by atoms with Crippen LogP contribution in [0.25, 0.3) is 10.8 Å². The molecule has 24 heavy (non-hydrogen) atoms. The molecule has 128 valence electrons. The minimum Gasteiger partial charge on any atom is -0.490 e. The van der Waals surface area contributed by atoms with Gasteiger partial charge in [0.05, 0.1) is 12.0 Å². The van der Waals surface area contributed by atoms with Gasteiger partial charge in [0.2, 0.25) is 0 Å². The van der Waals surface area contributed by atoms with Crippen LogP contribution in [0.4, 0.5) is 4.39 Å². The Morgan fingerprint density at radius 1 is 1.38 bits per heavy atom. The van der Waals surface area contributed by atoms with Gasteiger partial charge in [0.15, 0.2) is 11.4 Å². The van der Waals surface area contributed by atoms with Gasteiger partial charge in [0.1, 0.15) is 5.82 Å². The second-order valence-corrected chi connectivity index (χ2v) is 6.23. The smallest absolute Gasteiger partial charge is 0.356 e. The zero-order chi connectivity index (χ0) is 17.3. The van der Waals surface area contributed by atoms with Crippen LogP contribution in [0, 0.1) is 11.7 Å². The van der Waals surface area contributed by atoms with Crippen LogP contribution in [0.3, 0.4) is 0 Å². The van der Waals surface area contributed by atoms with Crippen LogP contribution in [0.2, 0.25) is 0 Å². The number of benzene rings is 1. The second kappa shape index (κ2) is 6.63. The maximum Gasteiger partial charge on any atom is 0.356 e. The number of carboxylic acids is 1. The lowest BCUT2D eigenvalue weighted by molar-refractivity contribution is 0.0677. The Hall–Kier alpha value is -2.37. The summed E-state index contributed by atoms with van der Waals surface area (Å²) >= 11 is 0. The van der Waals surface area contributed by atoms with E-state index < -0.39 is 17.3 Å². The van der Waals surface area contributed by atoms with Gasteiger partial charge in [-0.05, 0) is 43.4 Å². The Morgan fingerprint density at radius 2 is 2.12 bits per heavy atom. The van der Waals surface area contributed by atoms with Crippen LogP contribution < -0.4 is 10.3 Å². The summed E-state index contributed by atoms with van der Waals surface area (Å²) in [5, 5.41) is 10.2. The number of aromatic nitrogens is 1. The third-order valence-corrected chi connectivity index (χ3v) is 4.27. The van der Waals surface area contributed by atoms with Crippen molar-refractivity contribution >= 4 is 16.7 Å². The van der Waals surface area contributed by atoms with Gasteiger partial charge in [-0.1, -0.05) is 13.3 Å². The number of carbonyl (C=O) groups is 1.